The molecule has 2 heterocycles. The number of hydrogen-bond acceptors (Lipinski definition) is 4. The molecule has 0 saturated carbocycles. The Hall–Kier alpha value is -2.34. The van der Waals surface area contributed by atoms with Crippen LogP contribution in [0, 0.1) is 5.92 Å². The van der Waals surface area contributed by atoms with E-state index in [0.717, 1.165) is 5.56 Å². The highest BCUT2D eigenvalue weighted by Crippen LogP contribution is 2.22. The van der Waals surface area contributed by atoms with Crippen LogP contribution < -0.4 is 0 Å². The number of carboxylic acid groups (broad SMARTS) is 1. The zero-order valence-electron chi connectivity index (χ0n) is 12.2. The highest BCUT2D eigenvalue weighted by Gasteiger charge is 2.31. The molecule has 0 aliphatic carbocycles. The fraction of sp³-hybridized carbons (Fsp3) is 0.312. The second-order valence-corrected chi connectivity index (χ2v) is 5.93. The number of nitrogens with zero attached hydrogens (tertiary/aromatic N) is 2. The van der Waals surface area contributed by atoms with Crippen LogP contribution in [-0.2, 0) is 16.0 Å². The first-order chi connectivity index (χ1) is 11.0. The molecule has 1 aromatic heterocycles. The predicted octanol–water partition coefficient (Wildman–Crippen LogP) is 2.47. The first-order valence-corrected chi connectivity index (χ1v) is 7.61. The minimum Gasteiger partial charge on any atom is -0.481 e. The van der Waals surface area contributed by atoms with Gasteiger partial charge in [-0.15, -0.1) is 0 Å². The maximum atomic E-state index is 12.2. The lowest BCUT2D eigenvalue weighted by Gasteiger charge is -2.14. The van der Waals surface area contributed by atoms with Gasteiger partial charge in [0.05, 0.1) is 18.0 Å². The molecular weight excluding hydrogens is 320 g/mol. The number of oxazole rings is 1. The summed E-state index contributed by atoms with van der Waals surface area (Å²) in [6.45, 7) is 0.730. The molecule has 0 bridgehead atoms. The Morgan fingerprint density at radius 3 is 2.74 bits per heavy atom. The van der Waals surface area contributed by atoms with Crippen molar-refractivity contribution in [1.82, 2.24) is 9.88 Å². The molecule has 1 N–H and O–H groups in total. The molecule has 1 unspecified atom stereocenters. The van der Waals surface area contributed by atoms with E-state index in [1.807, 2.05) is 0 Å². The summed E-state index contributed by atoms with van der Waals surface area (Å²) in [4.78, 5) is 29.0. The fourth-order valence-electron chi connectivity index (χ4n) is 2.57. The third kappa shape index (κ3) is 3.53. The van der Waals surface area contributed by atoms with Crippen molar-refractivity contribution in [3.05, 3.63) is 41.2 Å². The first-order valence-electron chi connectivity index (χ1n) is 7.24. The Morgan fingerprint density at radius 1 is 1.35 bits per heavy atom. The molecular formula is C16H15ClN2O4. The van der Waals surface area contributed by atoms with Gasteiger partial charge in [-0.1, -0.05) is 11.6 Å². The van der Waals surface area contributed by atoms with Crippen molar-refractivity contribution in [3.8, 4) is 11.5 Å². The summed E-state index contributed by atoms with van der Waals surface area (Å²) in [6.07, 6.45) is 2.05. The molecule has 1 aliphatic heterocycles. The van der Waals surface area contributed by atoms with Crippen LogP contribution in [0.25, 0.3) is 11.5 Å². The van der Waals surface area contributed by atoms with Gasteiger partial charge in [-0.25, -0.2) is 4.98 Å². The fourth-order valence-corrected chi connectivity index (χ4v) is 2.69. The van der Waals surface area contributed by atoms with Crippen LogP contribution in [0.5, 0.6) is 0 Å². The van der Waals surface area contributed by atoms with Gasteiger partial charge in [-0.05, 0) is 30.7 Å². The van der Waals surface area contributed by atoms with E-state index < -0.39 is 11.9 Å². The van der Waals surface area contributed by atoms with Crippen molar-refractivity contribution >= 4 is 23.5 Å². The van der Waals surface area contributed by atoms with Gasteiger partial charge < -0.3 is 14.4 Å². The van der Waals surface area contributed by atoms with Crippen molar-refractivity contribution in [2.45, 2.75) is 12.8 Å². The molecule has 3 rings (SSSR count). The van der Waals surface area contributed by atoms with E-state index in [0.29, 0.717) is 29.6 Å². The summed E-state index contributed by atoms with van der Waals surface area (Å²) < 4.78 is 5.39. The van der Waals surface area contributed by atoms with Gasteiger partial charge in [0.1, 0.15) is 6.26 Å². The molecule has 1 aromatic carbocycles. The number of amides is 1. The van der Waals surface area contributed by atoms with Gasteiger partial charge in [0, 0.05) is 23.7 Å². The Labute approximate surface area is 137 Å². The second-order valence-electron chi connectivity index (χ2n) is 5.49. The number of likely N-dealkylation sites (tertiary alicyclic amines) is 1. The number of aliphatic carboxylic acids is 1. The molecule has 0 radical (unpaired) electrons. The molecule has 120 valence electrons. The lowest BCUT2D eigenvalue weighted by molar-refractivity contribution is -0.141. The maximum absolute atomic E-state index is 12.2. The number of aromatic nitrogens is 1. The number of carbonyl (C=O) groups is 2. The molecule has 1 atom stereocenters. The number of rotatable bonds is 4. The van der Waals surface area contributed by atoms with Gasteiger partial charge in [0.15, 0.2) is 0 Å². The number of carboxylic acids is 1. The third-order valence-electron chi connectivity index (χ3n) is 3.87. The SMILES string of the molecule is O=C(O)C1CCN(C(=O)Cc2coc(-c3ccc(Cl)cc3)n2)C1. The topological polar surface area (TPSA) is 83.6 Å². The molecule has 1 saturated heterocycles. The zero-order valence-corrected chi connectivity index (χ0v) is 13.0. The highest BCUT2D eigenvalue weighted by molar-refractivity contribution is 6.30. The molecule has 1 amide bonds. The van der Waals surface area contributed by atoms with Gasteiger partial charge in [-0.3, -0.25) is 9.59 Å². The lowest BCUT2D eigenvalue weighted by atomic mass is 10.1. The summed E-state index contributed by atoms with van der Waals surface area (Å²) >= 11 is 5.84. The standard InChI is InChI=1S/C16H15ClN2O4/c17-12-3-1-10(2-4-12)15-18-13(9-23-15)7-14(20)19-6-5-11(8-19)16(21)22/h1-4,9,11H,5-8H2,(H,21,22). The largest absolute Gasteiger partial charge is 0.481 e. The Morgan fingerprint density at radius 2 is 2.09 bits per heavy atom. The van der Waals surface area contributed by atoms with Crippen molar-refractivity contribution < 1.29 is 19.1 Å². The Kier molecular flexibility index (Phi) is 4.34. The summed E-state index contributed by atoms with van der Waals surface area (Å²) in [6, 6.07) is 7.06. The predicted molar refractivity (Wildman–Crippen MR) is 83.0 cm³/mol. The average Bonchev–Trinajstić information content (AvgIpc) is 3.17. The minimum absolute atomic E-state index is 0.101. The van der Waals surface area contributed by atoms with Crippen molar-refractivity contribution in [2.75, 3.05) is 13.1 Å². The van der Waals surface area contributed by atoms with Crippen molar-refractivity contribution in [3.63, 3.8) is 0 Å². The lowest BCUT2D eigenvalue weighted by Crippen LogP contribution is -2.31. The quantitative estimate of drug-likeness (QED) is 0.928. The summed E-state index contributed by atoms with van der Waals surface area (Å²) in [5.74, 6) is -1.04. The molecule has 1 fully saturated rings. The van der Waals surface area contributed by atoms with Crippen LogP contribution in [0.2, 0.25) is 5.02 Å². The van der Waals surface area contributed by atoms with Gasteiger partial charge in [0.25, 0.3) is 0 Å². The molecule has 0 spiro atoms. The van der Waals surface area contributed by atoms with Crippen molar-refractivity contribution in [1.29, 1.82) is 0 Å². The average molecular weight is 335 g/mol. The van der Waals surface area contributed by atoms with Gasteiger partial charge in [-0.2, -0.15) is 0 Å². The van der Waals surface area contributed by atoms with Crippen LogP contribution in [-0.4, -0.2) is 40.0 Å². The van der Waals surface area contributed by atoms with E-state index in [1.165, 1.54) is 6.26 Å². The van der Waals surface area contributed by atoms with Crippen LogP contribution in [0.15, 0.2) is 34.9 Å². The van der Waals surface area contributed by atoms with E-state index in [1.54, 1.807) is 29.2 Å². The van der Waals surface area contributed by atoms with E-state index in [2.05, 4.69) is 4.98 Å². The maximum Gasteiger partial charge on any atom is 0.308 e. The van der Waals surface area contributed by atoms with Crippen molar-refractivity contribution in [2.24, 2.45) is 5.92 Å². The number of halogens is 1. The summed E-state index contributed by atoms with van der Waals surface area (Å²) in [5, 5.41) is 9.60. The Balaban J connectivity index is 1.64. The van der Waals surface area contributed by atoms with Crippen LogP contribution in [0.3, 0.4) is 0 Å². The van der Waals surface area contributed by atoms with E-state index in [9.17, 15) is 9.59 Å². The smallest absolute Gasteiger partial charge is 0.308 e. The number of benzene rings is 1. The third-order valence-corrected chi connectivity index (χ3v) is 4.12. The van der Waals surface area contributed by atoms with Gasteiger partial charge in [0.2, 0.25) is 11.8 Å². The summed E-state index contributed by atoms with van der Waals surface area (Å²) in [7, 11) is 0. The van der Waals surface area contributed by atoms with Crippen LogP contribution >= 0.6 is 11.6 Å². The highest BCUT2D eigenvalue weighted by atomic mass is 35.5. The number of carbonyl (C=O) groups excluding carboxylic acids is 1. The van der Waals surface area contributed by atoms with E-state index in [4.69, 9.17) is 21.1 Å². The van der Waals surface area contributed by atoms with E-state index in [-0.39, 0.29) is 18.9 Å². The van der Waals surface area contributed by atoms with Crippen LogP contribution in [0.1, 0.15) is 12.1 Å². The molecule has 6 nitrogen and oxygen atoms in total. The van der Waals surface area contributed by atoms with Crippen LogP contribution in [0.4, 0.5) is 0 Å². The van der Waals surface area contributed by atoms with Gasteiger partial charge >= 0.3 is 5.97 Å². The Bertz CT molecular complexity index is 726. The molecule has 1 aliphatic rings. The van der Waals surface area contributed by atoms with E-state index >= 15 is 0 Å². The zero-order chi connectivity index (χ0) is 16.4. The molecule has 23 heavy (non-hydrogen) atoms. The molecule has 7 heteroatoms. The molecule has 2 aromatic rings. The monoisotopic (exact) mass is 334 g/mol. The second kappa shape index (κ2) is 6.42. The minimum atomic E-state index is -0.855. The first kappa shape index (κ1) is 15.6. The number of hydrogen-bond donors (Lipinski definition) is 1. The summed E-state index contributed by atoms with van der Waals surface area (Å²) in [5.41, 5.74) is 1.30. The normalized spacial score (nSPS) is 17.4.